The second kappa shape index (κ2) is 9.50. The number of hydrogen-bond acceptors (Lipinski definition) is 4. The van der Waals surface area contributed by atoms with Gasteiger partial charge in [-0.2, -0.15) is 5.26 Å². The summed E-state index contributed by atoms with van der Waals surface area (Å²) in [5, 5.41) is 12.3. The van der Waals surface area contributed by atoms with Gasteiger partial charge in [0.25, 0.3) is 0 Å². The molecule has 2 amide bonds. The number of carbonyl (C=O) groups is 3. The molecule has 28 heavy (non-hydrogen) atoms. The zero-order valence-electron chi connectivity index (χ0n) is 16.1. The van der Waals surface area contributed by atoms with E-state index >= 15 is 0 Å². The number of nitrogens with zero attached hydrogens (tertiary/aromatic N) is 2. The molecule has 0 bridgehead atoms. The first-order valence-corrected chi connectivity index (χ1v) is 10.1. The van der Waals surface area contributed by atoms with Crippen molar-refractivity contribution in [3.05, 3.63) is 35.9 Å². The van der Waals surface area contributed by atoms with Gasteiger partial charge in [0.05, 0.1) is 6.07 Å². The summed E-state index contributed by atoms with van der Waals surface area (Å²) in [6.45, 7) is 0.831. The first kappa shape index (κ1) is 20.1. The van der Waals surface area contributed by atoms with Crippen LogP contribution in [0.4, 0.5) is 0 Å². The van der Waals surface area contributed by atoms with Crippen molar-refractivity contribution in [2.45, 2.75) is 51.0 Å². The molecule has 0 radical (unpaired) electrons. The van der Waals surface area contributed by atoms with Crippen LogP contribution >= 0.6 is 0 Å². The Balaban J connectivity index is 1.54. The second-order valence-corrected chi connectivity index (χ2v) is 7.78. The average Bonchev–Trinajstić information content (AvgIpc) is 3.09. The first-order valence-electron chi connectivity index (χ1n) is 10.1. The van der Waals surface area contributed by atoms with Crippen molar-refractivity contribution in [1.82, 2.24) is 10.2 Å². The zero-order chi connectivity index (χ0) is 19.9. The number of Topliss-reactive ketones (excluding diaryl/α,β-unsaturated/α-hetero) is 1. The molecule has 1 heterocycles. The van der Waals surface area contributed by atoms with Crippen molar-refractivity contribution in [3.63, 3.8) is 0 Å². The van der Waals surface area contributed by atoms with E-state index in [2.05, 4.69) is 5.32 Å². The Morgan fingerprint density at radius 2 is 1.89 bits per heavy atom. The summed E-state index contributed by atoms with van der Waals surface area (Å²) in [5.74, 6) is -2.92. The van der Waals surface area contributed by atoms with Crippen LogP contribution in [0.2, 0.25) is 0 Å². The lowest BCUT2D eigenvalue weighted by molar-refractivity contribution is -0.135. The topological polar surface area (TPSA) is 90.3 Å². The number of benzene rings is 1. The highest BCUT2D eigenvalue weighted by molar-refractivity contribution is 6.06. The van der Waals surface area contributed by atoms with E-state index in [1.54, 1.807) is 4.90 Å². The number of amides is 2. The van der Waals surface area contributed by atoms with E-state index in [0.29, 0.717) is 13.1 Å². The minimum absolute atomic E-state index is 0.0532. The lowest BCUT2D eigenvalue weighted by atomic mass is 9.90. The van der Waals surface area contributed by atoms with Crippen LogP contribution in [-0.2, 0) is 20.8 Å². The second-order valence-electron chi connectivity index (χ2n) is 7.78. The Morgan fingerprint density at radius 1 is 1.18 bits per heavy atom. The predicted octanol–water partition coefficient (Wildman–Crippen LogP) is 2.24. The maximum Gasteiger partial charge on any atom is 0.245 e. The van der Waals surface area contributed by atoms with Crippen LogP contribution in [0.5, 0.6) is 0 Å². The molecule has 2 unspecified atom stereocenters. The number of nitrogens with one attached hydrogen (secondary N) is 1. The Hall–Kier alpha value is -2.68. The Bertz CT molecular complexity index is 750. The summed E-state index contributed by atoms with van der Waals surface area (Å²) in [4.78, 5) is 39.2. The predicted molar refractivity (Wildman–Crippen MR) is 104 cm³/mol. The Labute approximate surface area is 165 Å². The Kier molecular flexibility index (Phi) is 6.80. The minimum atomic E-state index is -1.33. The van der Waals surface area contributed by atoms with E-state index in [4.69, 9.17) is 0 Å². The molecule has 2 aliphatic rings. The maximum absolute atomic E-state index is 12.8. The van der Waals surface area contributed by atoms with Crippen LogP contribution in [-0.4, -0.2) is 41.6 Å². The molecule has 1 aromatic carbocycles. The molecule has 2 fully saturated rings. The molecule has 6 heteroatoms. The number of hydrogen-bond donors (Lipinski definition) is 1. The number of likely N-dealkylation sites (tertiary alicyclic amines) is 1. The molecule has 6 nitrogen and oxygen atoms in total. The fourth-order valence-electron chi connectivity index (χ4n) is 4.11. The highest BCUT2D eigenvalue weighted by Gasteiger charge is 2.40. The van der Waals surface area contributed by atoms with Gasteiger partial charge in [-0.1, -0.05) is 49.6 Å². The van der Waals surface area contributed by atoms with E-state index in [1.165, 1.54) is 0 Å². The monoisotopic (exact) mass is 381 g/mol. The number of rotatable bonds is 7. The molecule has 2 atom stereocenters. The normalized spacial score (nSPS) is 21.2. The van der Waals surface area contributed by atoms with E-state index in [1.807, 2.05) is 36.4 Å². The fourth-order valence-corrected chi connectivity index (χ4v) is 4.11. The van der Waals surface area contributed by atoms with Gasteiger partial charge in [0, 0.05) is 31.5 Å². The number of ketones is 1. The average molecular weight is 381 g/mol. The fraction of sp³-hybridized carbons (Fsp3) is 0.545. The van der Waals surface area contributed by atoms with Crippen LogP contribution in [0.1, 0.15) is 44.1 Å². The number of carbonyl (C=O) groups excluding carboxylic acids is 3. The summed E-state index contributed by atoms with van der Waals surface area (Å²) in [7, 11) is 0. The lowest BCUT2D eigenvalue weighted by Crippen LogP contribution is -2.43. The molecule has 1 aliphatic heterocycles. The van der Waals surface area contributed by atoms with Crippen molar-refractivity contribution in [2.75, 3.05) is 13.1 Å². The SMILES string of the molecule is N#CC(C(=O)NC1CCCCC1)C(=O)C1CC(=O)N(CCc2ccccc2)C1. The van der Waals surface area contributed by atoms with Gasteiger partial charge in [0.15, 0.2) is 11.7 Å². The molecular formula is C22H27N3O3. The van der Waals surface area contributed by atoms with E-state index in [0.717, 1.165) is 44.1 Å². The third-order valence-corrected chi connectivity index (χ3v) is 5.76. The zero-order valence-corrected chi connectivity index (χ0v) is 16.1. The standard InChI is InChI=1S/C22H27N3O3/c23-14-19(22(28)24-18-9-5-2-6-10-18)21(27)17-13-20(26)25(15-17)12-11-16-7-3-1-4-8-16/h1,3-4,7-8,17-19H,2,5-6,9-13,15H2,(H,24,28). The summed E-state index contributed by atoms with van der Waals surface area (Å²) >= 11 is 0. The summed E-state index contributed by atoms with van der Waals surface area (Å²) in [6, 6.07) is 11.8. The highest BCUT2D eigenvalue weighted by Crippen LogP contribution is 2.23. The van der Waals surface area contributed by atoms with Gasteiger partial charge in [0.2, 0.25) is 11.8 Å². The van der Waals surface area contributed by atoms with Crippen LogP contribution in [0.25, 0.3) is 0 Å². The van der Waals surface area contributed by atoms with Crippen LogP contribution in [0.15, 0.2) is 30.3 Å². The van der Waals surface area contributed by atoms with Crippen molar-refractivity contribution in [2.24, 2.45) is 11.8 Å². The van der Waals surface area contributed by atoms with Crippen molar-refractivity contribution in [3.8, 4) is 6.07 Å². The van der Waals surface area contributed by atoms with E-state index in [-0.39, 0.29) is 18.4 Å². The van der Waals surface area contributed by atoms with Gasteiger partial charge >= 0.3 is 0 Å². The van der Waals surface area contributed by atoms with Gasteiger partial charge in [-0.25, -0.2) is 0 Å². The smallest absolute Gasteiger partial charge is 0.245 e. The first-order chi connectivity index (χ1) is 13.6. The van der Waals surface area contributed by atoms with Gasteiger partial charge < -0.3 is 10.2 Å². The van der Waals surface area contributed by atoms with Crippen LogP contribution in [0, 0.1) is 23.2 Å². The molecule has 148 valence electrons. The molecule has 3 rings (SSSR count). The van der Waals surface area contributed by atoms with Gasteiger partial charge in [0.1, 0.15) is 0 Å². The van der Waals surface area contributed by atoms with Crippen molar-refractivity contribution < 1.29 is 14.4 Å². The van der Waals surface area contributed by atoms with Gasteiger partial charge in [-0.05, 0) is 24.8 Å². The molecule has 1 aliphatic carbocycles. The van der Waals surface area contributed by atoms with E-state index < -0.39 is 23.5 Å². The Morgan fingerprint density at radius 3 is 2.57 bits per heavy atom. The molecule has 1 saturated heterocycles. The quantitative estimate of drug-likeness (QED) is 0.734. The maximum atomic E-state index is 12.8. The molecule has 1 aromatic rings. The summed E-state index contributed by atoms with van der Waals surface area (Å²) < 4.78 is 0. The van der Waals surface area contributed by atoms with Crippen molar-refractivity contribution >= 4 is 17.6 Å². The molecule has 1 N–H and O–H groups in total. The summed E-state index contributed by atoms with van der Waals surface area (Å²) in [6.07, 6.45) is 5.88. The minimum Gasteiger partial charge on any atom is -0.352 e. The number of nitriles is 1. The molecular weight excluding hydrogens is 354 g/mol. The van der Waals surface area contributed by atoms with Crippen LogP contribution in [0.3, 0.4) is 0 Å². The third kappa shape index (κ3) is 4.98. The lowest BCUT2D eigenvalue weighted by Gasteiger charge is -2.24. The van der Waals surface area contributed by atoms with E-state index in [9.17, 15) is 19.6 Å². The largest absolute Gasteiger partial charge is 0.352 e. The molecule has 1 saturated carbocycles. The summed E-state index contributed by atoms with van der Waals surface area (Å²) in [5.41, 5.74) is 1.13. The van der Waals surface area contributed by atoms with Gasteiger partial charge in [-0.3, -0.25) is 14.4 Å². The van der Waals surface area contributed by atoms with Crippen molar-refractivity contribution in [1.29, 1.82) is 5.26 Å². The third-order valence-electron chi connectivity index (χ3n) is 5.76. The highest BCUT2D eigenvalue weighted by atomic mass is 16.2. The molecule has 0 spiro atoms. The van der Waals surface area contributed by atoms with Gasteiger partial charge in [-0.15, -0.1) is 0 Å². The molecule has 0 aromatic heterocycles. The van der Waals surface area contributed by atoms with Crippen LogP contribution < -0.4 is 5.32 Å².